The molecule has 8 aromatic rings. The van der Waals surface area contributed by atoms with Crippen LogP contribution in [0.5, 0.6) is 0 Å². The third-order valence-electron chi connectivity index (χ3n) is 9.45. The SMILES string of the molecule is O=S1(=O)Cc2cc(-c3cccc4c3oc3ccccc34)ccc2-c2cc(-c3cc(-c4ccccc4)cc(-c4ccccc4)c3)ccc2C1. The Labute approximate surface area is 279 Å². The van der Waals surface area contributed by atoms with E-state index in [0.29, 0.717) is 0 Å². The van der Waals surface area contributed by atoms with E-state index < -0.39 is 9.84 Å². The Hall–Kier alpha value is -5.71. The summed E-state index contributed by atoms with van der Waals surface area (Å²) in [6.07, 6.45) is 0. The van der Waals surface area contributed by atoms with E-state index in [1.165, 1.54) is 0 Å². The molecule has 230 valence electrons. The van der Waals surface area contributed by atoms with E-state index in [2.05, 4.69) is 103 Å². The molecule has 0 saturated carbocycles. The monoisotopic (exact) mass is 638 g/mol. The summed E-state index contributed by atoms with van der Waals surface area (Å²) in [4.78, 5) is 0. The van der Waals surface area contributed by atoms with Gasteiger partial charge in [0.2, 0.25) is 0 Å². The summed E-state index contributed by atoms with van der Waals surface area (Å²) in [5.74, 6) is -0.0109. The molecule has 4 heteroatoms. The first-order valence-electron chi connectivity index (χ1n) is 16.1. The van der Waals surface area contributed by atoms with Gasteiger partial charge >= 0.3 is 0 Å². The molecule has 1 aromatic heterocycles. The molecule has 0 radical (unpaired) electrons. The summed E-state index contributed by atoms with van der Waals surface area (Å²) < 4.78 is 33.4. The normalized spacial score (nSPS) is 13.6. The van der Waals surface area contributed by atoms with Gasteiger partial charge in [-0.3, -0.25) is 0 Å². The molecule has 0 bridgehead atoms. The van der Waals surface area contributed by atoms with Crippen molar-refractivity contribution in [3.8, 4) is 55.6 Å². The molecular weight excluding hydrogens is 609 g/mol. The number of rotatable bonds is 4. The molecule has 0 N–H and O–H groups in total. The molecule has 0 fully saturated rings. The highest BCUT2D eigenvalue weighted by Gasteiger charge is 2.25. The van der Waals surface area contributed by atoms with Gasteiger partial charge in [-0.1, -0.05) is 121 Å². The van der Waals surface area contributed by atoms with Gasteiger partial charge in [0.1, 0.15) is 11.2 Å². The van der Waals surface area contributed by atoms with Gasteiger partial charge in [0.05, 0.1) is 11.5 Å². The van der Waals surface area contributed by atoms with Gasteiger partial charge in [-0.25, -0.2) is 8.42 Å². The Bertz CT molecular complexity index is 2560. The maximum atomic E-state index is 13.5. The fraction of sp³-hybridized carbons (Fsp3) is 0.0455. The van der Waals surface area contributed by atoms with Crippen molar-refractivity contribution in [2.75, 3.05) is 0 Å². The van der Waals surface area contributed by atoms with Crippen molar-refractivity contribution in [3.05, 3.63) is 169 Å². The van der Waals surface area contributed by atoms with Crippen LogP contribution in [0.4, 0.5) is 0 Å². The second-order valence-corrected chi connectivity index (χ2v) is 14.7. The molecule has 0 atom stereocenters. The first-order valence-corrected chi connectivity index (χ1v) is 17.9. The third kappa shape index (κ3) is 5.02. The molecular formula is C44H30O3S. The maximum absolute atomic E-state index is 13.5. The zero-order chi connectivity index (χ0) is 32.2. The van der Waals surface area contributed by atoms with Gasteiger partial charge in [-0.15, -0.1) is 0 Å². The maximum Gasteiger partial charge on any atom is 0.158 e. The fourth-order valence-electron chi connectivity index (χ4n) is 7.16. The van der Waals surface area contributed by atoms with Crippen molar-refractivity contribution >= 4 is 31.8 Å². The summed E-state index contributed by atoms with van der Waals surface area (Å²) in [6, 6.07) is 54.2. The van der Waals surface area contributed by atoms with Crippen LogP contribution >= 0.6 is 0 Å². The van der Waals surface area contributed by atoms with Gasteiger partial charge in [-0.2, -0.15) is 0 Å². The molecule has 3 nitrogen and oxygen atoms in total. The fourth-order valence-corrected chi connectivity index (χ4v) is 8.70. The molecule has 0 saturated heterocycles. The molecule has 1 aliphatic heterocycles. The van der Waals surface area contributed by atoms with E-state index in [0.717, 1.165) is 88.7 Å². The van der Waals surface area contributed by atoms with Crippen molar-refractivity contribution in [2.24, 2.45) is 0 Å². The zero-order valence-electron chi connectivity index (χ0n) is 26.1. The molecule has 0 unspecified atom stereocenters. The topological polar surface area (TPSA) is 47.3 Å². The van der Waals surface area contributed by atoms with Crippen molar-refractivity contribution in [2.45, 2.75) is 11.5 Å². The number of furan rings is 1. The number of hydrogen-bond donors (Lipinski definition) is 0. The van der Waals surface area contributed by atoms with Crippen molar-refractivity contribution in [1.29, 1.82) is 0 Å². The van der Waals surface area contributed by atoms with Crippen molar-refractivity contribution < 1.29 is 12.8 Å². The lowest BCUT2D eigenvalue weighted by molar-refractivity contribution is 0.595. The van der Waals surface area contributed by atoms with E-state index in [4.69, 9.17) is 4.42 Å². The smallest absolute Gasteiger partial charge is 0.158 e. The van der Waals surface area contributed by atoms with Gasteiger partial charge in [0, 0.05) is 16.3 Å². The Balaban J connectivity index is 1.20. The largest absolute Gasteiger partial charge is 0.455 e. The van der Waals surface area contributed by atoms with Crippen molar-refractivity contribution in [1.82, 2.24) is 0 Å². The van der Waals surface area contributed by atoms with Crippen LogP contribution in [-0.4, -0.2) is 8.42 Å². The Kier molecular flexibility index (Phi) is 6.66. The minimum Gasteiger partial charge on any atom is -0.455 e. The van der Waals surface area contributed by atoms with Crippen LogP contribution in [0.3, 0.4) is 0 Å². The number of benzene rings is 7. The molecule has 0 aliphatic carbocycles. The van der Waals surface area contributed by atoms with Crippen LogP contribution < -0.4 is 0 Å². The lowest BCUT2D eigenvalue weighted by atomic mass is 9.89. The minimum absolute atomic E-state index is 0.00506. The van der Waals surface area contributed by atoms with Crippen molar-refractivity contribution in [3.63, 3.8) is 0 Å². The first kappa shape index (κ1) is 28.5. The first-order chi connectivity index (χ1) is 23.5. The summed E-state index contributed by atoms with van der Waals surface area (Å²) in [5, 5.41) is 2.12. The highest BCUT2D eigenvalue weighted by atomic mass is 32.2. The van der Waals surface area contributed by atoms with E-state index >= 15 is 0 Å². The Morgan fingerprint density at radius 1 is 0.396 bits per heavy atom. The molecule has 9 rings (SSSR count). The summed E-state index contributed by atoms with van der Waals surface area (Å²) in [6.45, 7) is 0. The Morgan fingerprint density at radius 3 is 1.73 bits per heavy atom. The quantitative estimate of drug-likeness (QED) is 0.193. The van der Waals surface area contributed by atoms with Crippen LogP contribution in [0.25, 0.3) is 77.6 Å². The lowest BCUT2D eigenvalue weighted by Gasteiger charge is -2.15. The van der Waals surface area contributed by atoms with Crippen LogP contribution in [0, 0.1) is 0 Å². The lowest BCUT2D eigenvalue weighted by Crippen LogP contribution is -2.05. The molecule has 2 heterocycles. The molecule has 0 amide bonds. The summed E-state index contributed by atoms with van der Waals surface area (Å²) in [7, 11) is -3.39. The second kappa shape index (κ2) is 11.2. The molecule has 0 spiro atoms. The number of fused-ring (bicyclic) bond motifs is 6. The highest BCUT2D eigenvalue weighted by molar-refractivity contribution is 7.89. The van der Waals surface area contributed by atoms with Gasteiger partial charge < -0.3 is 4.42 Å². The number of para-hydroxylation sites is 2. The van der Waals surface area contributed by atoms with Gasteiger partial charge in [-0.05, 0) is 97.6 Å². The molecule has 48 heavy (non-hydrogen) atoms. The van der Waals surface area contributed by atoms with E-state index in [9.17, 15) is 8.42 Å². The van der Waals surface area contributed by atoms with Gasteiger partial charge in [0.15, 0.2) is 9.84 Å². The minimum atomic E-state index is -3.39. The molecule has 7 aromatic carbocycles. The Morgan fingerprint density at radius 2 is 1.00 bits per heavy atom. The standard InChI is InChI=1S/C44H30O3S/c45-48(46)27-33-19-18-31(36-24-34(29-10-3-1-4-11-29)23-35(25-36)30-12-5-2-6-13-30)26-42(33)38-21-20-32(22-37(38)28-48)39-15-9-16-41-40-14-7-8-17-43(40)47-44(39)41/h1-26H,27-28H2. The van der Waals surface area contributed by atoms with E-state index in [1.807, 2.05) is 54.6 Å². The average Bonchev–Trinajstić information content (AvgIpc) is 3.46. The predicted octanol–water partition coefficient (Wildman–Crippen LogP) is 11.3. The molecule has 1 aliphatic rings. The van der Waals surface area contributed by atoms with Crippen LogP contribution in [0.1, 0.15) is 11.1 Å². The van der Waals surface area contributed by atoms with Crippen LogP contribution in [-0.2, 0) is 21.3 Å². The van der Waals surface area contributed by atoms with Crippen LogP contribution in [0.2, 0.25) is 0 Å². The predicted molar refractivity (Wildman–Crippen MR) is 197 cm³/mol. The average molecular weight is 639 g/mol. The second-order valence-electron chi connectivity index (χ2n) is 12.6. The zero-order valence-corrected chi connectivity index (χ0v) is 26.9. The highest BCUT2D eigenvalue weighted by Crippen LogP contribution is 2.42. The van der Waals surface area contributed by atoms with E-state index in [1.54, 1.807) is 0 Å². The van der Waals surface area contributed by atoms with Gasteiger partial charge in [0.25, 0.3) is 0 Å². The third-order valence-corrected chi connectivity index (χ3v) is 11.0. The summed E-state index contributed by atoms with van der Waals surface area (Å²) >= 11 is 0. The number of hydrogen-bond acceptors (Lipinski definition) is 3. The summed E-state index contributed by atoms with van der Waals surface area (Å²) in [5.41, 5.74) is 13.8. The van der Waals surface area contributed by atoms with Crippen LogP contribution in [0.15, 0.2) is 162 Å². The number of sulfone groups is 1. The van der Waals surface area contributed by atoms with E-state index in [-0.39, 0.29) is 11.5 Å².